The lowest BCUT2D eigenvalue weighted by Gasteiger charge is -2.23. The molecular weight excluding hydrogens is 276 g/mol. The van der Waals surface area contributed by atoms with Crippen LogP contribution in [0.1, 0.15) is 24.5 Å². The summed E-state index contributed by atoms with van der Waals surface area (Å²) in [6.45, 7) is 1.68. The average Bonchev–Trinajstić information content (AvgIpc) is 3.25. The molecule has 0 radical (unpaired) electrons. The summed E-state index contributed by atoms with van der Waals surface area (Å²) < 4.78 is 5.70. The third kappa shape index (κ3) is 2.15. The van der Waals surface area contributed by atoms with E-state index in [1.54, 1.807) is 0 Å². The lowest BCUT2D eigenvalue weighted by molar-refractivity contribution is -0.133. The standard InChI is InChI=1S/C18H18N2O2/c21-18(20-10-3-4-11-20)16-17(22-12-19-16)15-9-5-7-13-6-1-2-8-14(13)15/h1-2,5-9,12,16-17H,3-4,10-11H2. The first kappa shape index (κ1) is 13.3. The minimum absolute atomic E-state index is 0.0872. The zero-order valence-corrected chi connectivity index (χ0v) is 12.3. The molecule has 2 aliphatic rings. The smallest absolute Gasteiger partial charge is 0.251 e. The Hall–Kier alpha value is -2.36. The maximum Gasteiger partial charge on any atom is 0.251 e. The molecule has 0 bridgehead atoms. The highest BCUT2D eigenvalue weighted by atomic mass is 16.5. The van der Waals surface area contributed by atoms with Crippen molar-refractivity contribution in [2.75, 3.05) is 13.1 Å². The molecule has 2 heterocycles. The summed E-state index contributed by atoms with van der Waals surface area (Å²) in [6, 6.07) is 13.8. The van der Waals surface area contributed by atoms with E-state index in [1.165, 1.54) is 6.40 Å². The van der Waals surface area contributed by atoms with Crippen LogP contribution in [0.25, 0.3) is 10.8 Å². The van der Waals surface area contributed by atoms with Gasteiger partial charge in [0.2, 0.25) is 0 Å². The van der Waals surface area contributed by atoms with Crippen molar-refractivity contribution in [1.29, 1.82) is 0 Å². The molecule has 4 nitrogen and oxygen atoms in total. The molecule has 112 valence electrons. The van der Waals surface area contributed by atoms with Crippen LogP contribution in [-0.4, -0.2) is 36.3 Å². The predicted molar refractivity (Wildman–Crippen MR) is 85.9 cm³/mol. The van der Waals surface area contributed by atoms with Crippen LogP contribution in [-0.2, 0) is 9.53 Å². The van der Waals surface area contributed by atoms with E-state index in [9.17, 15) is 4.79 Å². The molecule has 0 saturated carbocycles. The molecule has 2 aliphatic heterocycles. The molecule has 1 fully saturated rings. The highest BCUT2D eigenvalue weighted by Crippen LogP contribution is 2.33. The average molecular weight is 294 g/mol. The molecule has 2 aromatic rings. The summed E-state index contributed by atoms with van der Waals surface area (Å²) >= 11 is 0. The largest absolute Gasteiger partial charge is 0.473 e. The number of nitrogens with zero attached hydrogens (tertiary/aromatic N) is 2. The second kappa shape index (κ2) is 5.44. The summed E-state index contributed by atoms with van der Waals surface area (Å²) in [4.78, 5) is 18.9. The van der Waals surface area contributed by atoms with Gasteiger partial charge < -0.3 is 9.64 Å². The Morgan fingerprint density at radius 1 is 1.09 bits per heavy atom. The van der Waals surface area contributed by atoms with E-state index >= 15 is 0 Å². The fourth-order valence-electron chi connectivity index (χ4n) is 3.38. The molecule has 2 aromatic carbocycles. The zero-order chi connectivity index (χ0) is 14.9. The van der Waals surface area contributed by atoms with Crippen LogP contribution >= 0.6 is 0 Å². The number of hydrogen-bond donors (Lipinski definition) is 0. The summed E-state index contributed by atoms with van der Waals surface area (Å²) in [5.41, 5.74) is 1.04. The van der Waals surface area contributed by atoms with E-state index in [4.69, 9.17) is 4.74 Å². The van der Waals surface area contributed by atoms with Gasteiger partial charge >= 0.3 is 0 Å². The number of likely N-dealkylation sites (tertiary alicyclic amines) is 1. The third-order valence-electron chi connectivity index (χ3n) is 4.52. The highest BCUT2D eigenvalue weighted by molar-refractivity contribution is 5.90. The number of rotatable bonds is 2. The third-order valence-corrected chi connectivity index (χ3v) is 4.52. The predicted octanol–water partition coefficient (Wildman–Crippen LogP) is 2.93. The first-order valence-corrected chi connectivity index (χ1v) is 7.78. The molecule has 1 saturated heterocycles. The quantitative estimate of drug-likeness (QED) is 0.854. The van der Waals surface area contributed by atoms with Gasteiger partial charge in [-0.3, -0.25) is 4.79 Å². The topological polar surface area (TPSA) is 41.9 Å². The molecule has 0 spiro atoms. The maximum absolute atomic E-state index is 12.7. The van der Waals surface area contributed by atoms with Crippen molar-refractivity contribution in [3.05, 3.63) is 48.0 Å². The number of fused-ring (bicyclic) bond motifs is 1. The number of hydrogen-bond acceptors (Lipinski definition) is 3. The van der Waals surface area contributed by atoms with Crippen molar-refractivity contribution in [1.82, 2.24) is 4.90 Å². The minimum atomic E-state index is -0.455. The number of benzene rings is 2. The normalized spacial score (nSPS) is 23.9. The molecule has 4 heteroatoms. The van der Waals surface area contributed by atoms with Gasteiger partial charge in [0.25, 0.3) is 5.91 Å². The van der Waals surface area contributed by atoms with E-state index in [0.29, 0.717) is 0 Å². The van der Waals surface area contributed by atoms with Crippen molar-refractivity contribution < 1.29 is 9.53 Å². The molecule has 2 unspecified atom stereocenters. The summed E-state index contributed by atoms with van der Waals surface area (Å²) in [5, 5.41) is 2.28. The molecule has 22 heavy (non-hydrogen) atoms. The first-order chi connectivity index (χ1) is 10.8. The van der Waals surface area contributed by atoms with Gasteiger partial charge in [-0.15, -0.1) is 0 Å². The zero-order valence-electron chi connectivity index (χ0n) is 12.3. The van der Waals surface area contributed by atoms with E-state index in [-0.39, 0.29) is 12.0 Å². The van der Waals surface area contributed by atoms with Crippen LogP contribution in [0.3, 0.4) is 0 Å². The van der Waals surface area contributed by atoms with Gasteiger partial charge in [0.1, 0.15) is 0 Å². The van der Waals surface area contributed by atoms with Gasteiger partial charge in [0, 0.05) is 18.7 Å². The van der Waals surface area contributed by atoms with Crippen LogP contribution < -0.4 is 0 Å². The lowest BCUT2D eigenvalue weighted by Crippen LogP contribution is -2.38. The Labute approximate surface area is 129 Å². The van der Waals surface area contributed by atoms with Gasteiger partial charge in [-0.05, 0) is 23.6 Å². The molecule has 0 aliphatic carbocycles. The van der Waals surface area contributed by atoms with Crippen LogP contribution in [0.4, 0.5) is 0 Å². The van der Waals surface area contributed by atoms with Gasteiger partial charge in [-0.1, -0.05) is 42.5 Å². The van der Waals surface area contributed by atoms with Gasteiger partial charge in [-0.2, -0.15) is 0 Å². The fourth-order valence-corrected chi connectivity index (χ4v) is 3.38. The van der Waals surface area contributed by atoms with Gasteiger partial charge in [0.05, 0.1) is 0 Å². The monoisotopic (exact) mass is 294 g/mol. The highest BCUT2D eigenvalue weighted by Gasteiger charge is 2.37. The van der Waals surface area contributed by atoms with Gasteiger partial charge in [-0.25, -0.2) is 4.99 Å². The Morgan fingerprint density at radius 2 is 1.86 bits per heavy atom. The van der Waals surface area contributed by atoms with Crippen molar-refractivity contribution in [3.8, 4) is 0 Å². The summed E-state index contributed by atoms with van der Waals surface area (Å²) in [5.74, 6) is 0.0872. The van der Waals surface area contributed by atoms with Crippen molar-refractivity contribution in [2.24, 2.45) is 4.99 Å². The van der Waals surface area contributed by atoms with Crippen LogP contribution in [0, 0.1) is 0 Å². The van der Waals surface area contributed by atoms with Crippen LogP contribution in [0.5, 0.6) is 0 Å². The Bertz CT molecular complexity index is 729. The number of amides is 1. The Morgan fingerprint density at radius 3 is 2.73 bits per heavy atom. The molecule has 0 N–H and O–H groups in total. The number of carbonyl (C=O) groups is 1. The van der Waals surface area contributed by atoms with Gasteiger partial charge in [0.15, 0.2) is 18.5 Å². The Kier molecular flexibility index (Phi) is 3.29. The second-order valence-electron chi connectivity index (χ2n) is 5.86. The SMILES string of the molecule is O=C(C1N=COC1c1cccc2ccccc12)N1CCCC1. The van der Waals surface area contributed by atoms with Crippen LogP contribution in [0.2, 0.25) is 0 Å². The number of ether oxygens (including phenoxy) is 1. The number of carbonyl (C=O) groups excluding carboxylic acids is 1. The second-order valence-corrected chi connectivity index (χ2v) is 5.86. The minimum Gasteiger partial charge on any atom is -0.473 e. The van der Waals surface area contributed by atoms with E-state index in [0.717, 1.165) is 42.3 Å². The fraction of sp³-hybridized carbons (Fsp3) is 0.333. The molecule has 4 rings (SSSR count). The first-order valence-electron chi connectivity index (χ1n) is 7.78. The van der Waals surface area contributed by atoms with E-state index in [2.05, 4.69) is 23.2 Å². The maximum atomic E-state index is 12.7. The van der Waals surface area contributed by atoms with E-state index in [1.807, 2.05) is 29.2 Å². The molecule has 1 amide bonds. The van der Waals surface area contributed by atoms with Crippen molar-refractivity contribution in [3.63, 3.8) is 0 Å². The molecule has 2 atom stereocenters. The lowest BCUT2D eigenvalue weighted by atomic mass is 9.96. The Balaban J connectivity index is 1.70. The van der Waals surface area contributed by atoms with Crippen molar-refractivity contribution in [2.45, 2.75) is 25.0 Å². The number of aliphatic imine (C=N–C) groups is 1. The summed E-state index contributed by atoms with van der Waals surface area (Å²) in [6.07, 6.45) is 3.29. The van der Waals surface area contributed by atoms with Crippen LogP contribution in [0.15, 0.2) is 47.5 Å². The molecule has 0 aromatic heterocycles. The summed E-state index contributed by atoms with van der Waals surface area (Å²) in [7, 11) is 0. The van der Waals surface area contributed by atoms with Crippen molar-refractivity contribution >= 4 is 23.1 Å². The molecular formula is C18H18N2O2. The van der Waals surface area contributed by atoms with E-state index < -0.39 is 6.04 Å².